The minimum Gasteiger partial charge on any atom is -0.348 e. The third kappa shape index (κ3) is 3.44. The van der Waals surface area contributed by atoms with E-state index in [0.29, 0.717) is 16.6 Å². The van der Waals surface area contributed by atoms with Crippen molar-refractivity contribution < 1.29 is 13.2 Å². The second-order valence-corrected chi connectivity index (χ2v) is 8.08. The molecule has 1 aromatic heterocycles. The van der Waals surface area contributed by atoms with Crippen LogP contribution in [0.4, 0.5) is 0 Å². The van der Waals surface area contributed by atoms with Crippen LogP contribution in [0.2, 0.25) is 0 Å². The fraction of sp³-hybridized carbons (Fsp3) is 0.158. The SMILES string of the molecule is CN(C)S(=O)(=O)c1ccccc1CNC(=O)c1cccc2cccnc12. The topological polar surface area (TPSA) is 79.4 Å². The lowest BCUT2D eigenvalue weighted by Gasteiger charge is -2.15. The molecule has 1 heterocycles. The van der Waals surface area contributed by atoms with Crippen LogP contribution in [-0.2, 0) is 16.6 Å². The van der Waals surface area contributed by atoms with E-state index in [2.05, 4.69) is 10.3 Å². The molecular weight excluding hydrogens is 350 g/mol. The molecule has 7 heteroatoms. The molecule has 1 amide bonds. The van der Waals surface area contributed by atoms with Crippen LogP contribution in [-0.4, -0.2) is 37.7 Å². The Morgan fingerprint density at radius 2 is 1.77 bits per heavy atom. The van der Waals surface area contributed by atoms with E-state index in [0.717, 1.165) is 9.69 Å². The summed E-state index contributed by atoms with van der Waals surface area (Å²) in [5, 5.41) is 3.67. The predicted octanol–water partition coefficient (Wildman–Crippen LogP) is 2.42. The highest BCUT2D eigenvalue weighted by Crippen LogP contribution is 2.19. The van der Waals surface area contributed by atoms with Gasteiger partial charge in [-0.2, -0.15) is 0 Å². The van der Waals surface area contributed by atoms with Gasteiger partial charge < -0.3 is 5.32 Å². The Kier molecular flexibility index (Phi) is 5.01. The summed E-state index contributed by atoms with van der Waals surface area (Å²) >= 11 is 0. The molecular formula is C19H19N3O3S. The summed E-state index contributed by atoms with van der Waals surface area (Å²) in [6.07, 6.45) is 1.64. The van der Waals surface area contributed by atoms with E-state index in [1.165, 1.54) is 20.2 Å². The molecule has 0 radical (unpaired) electrons. The Balaban J connectivity index is 1.87. The van der Waals surface area contributed by atoms with Crippen LogP contribution in [0.25, 0.3) is 10.9 Å². The molecule has 0 bridgehead atoms. The number of nitrogens with one attached hydrogen (secondary N) is 1. The largest absolute Gasteiger partial charge is 0.348 e. The first kappa shape index (κ1) is 18.0. The zero-order chi connectivity index (χ0) is 18.7. The van der Waals surface area contributed by atoms with Crippen LogP contribution in [0.5, 0.6) is 0 Å². The van der Waals surface area contributed by atoms with Gasteiger partial charge in [-0.15, -0.1) is 0 Å². The monoisotopic (exact) mass is 369 g/mol. The van der Waals surface area contributed by atoms with E-state index >= 15 is 0 Å². The smallest absolute Gasteiger partial charge is 0.253 e. The first-order chi connectivity index (χ1) is 12.4. The molecule has 134 valence electrons. The van der Waals surface area contributed by atoms with E-state index in [1.807, 2.05) is 18.2 Å². The van der Waals surface area contributed by atoms with Crippen molar-refractivity contribution in [1.82, 2.24) is 14.6 Å². The Morgan fingerprint density at radius 1 is 1.04 bits per heavy atom. The Hall–Kier alpha value is -2.77. The predicted molar refractivity (Wildman–Crippen MR) is 100 cm³/mol. The average Bonchev–Trinajstić information content (AvgIpc) is 2.65. The standard InChI is InChI=1S/C19H19N3O3S/c1-22(2)26(24,25)17-11-4-3-7-15(17)13-21-19(23)16-10-5-8-14-9-6-12-20-18(14)16/h3-12H,13H2,1-2H3,(H,21,23). The van der Waals surface area contributed by atoms with Crippen molar-refractivity contribution in [2.24, 2.45) is 0 Å². The number of hydrogen-bond donors (Lipinski definition) is 1. The van der Waals surface area contributed by atoms with Gasteiger partial charge in [-0.1, -0.05) is 36.4 Å². The van der Waals surface area contributed by atoms with E-state index in [4.69, 9.17) is 0 Å². The zero-order valence-corrected chi connectivity index (χ0v) is 15.3. The maximum absolute atomic E-state index is 12.6. The second-order valence-electron chi connectivity index (χ2n) is 5.96. The lowest BCUT2D eigenvalue weighted by atomic mass is 10.1. The normalized spacial score (nSPS) is 11.7. The first-order valence-electron chi connectivity index (χ1n) is 8.03. The Labute approximate surface area is 152 Å². The molecule has 0 saturated heterocycles. The molecule has 3 rings (SSSR count). The maximum atomic E-state index is 12.6. The molecule has 26 heavy (non-hydrogen) atoms. The molecule has 2 aromatic carbocycles. The summed E-state index contributed by atoms with van der Waals surface area (Å²) in [6, 6.07) is 15.7. The second kappa shape index (κ2) is 7.23. The van der Waals surface area contributed by atoms with Gasteiger partial charge in [-0.05, 0) is 23.8 Å². The van der Waals surface area contributed by atoms with Gasteiger partial charge in [-0.3, -0.25) is 9.78 Å². The third-order valence-electron chi connectivity index (χ3n) is 4.05. The van der Waals surface area contributed by atoms with Crippen molar-refractivity contribution in [3.63, 3.8) is 0 Å². The summed E-state index contributed by atoms with van der Waals surface area (Å²) in [5.74, 6) is -0.300. The van der Waals surface area contributed by atoms with Crippen LogP contribution >= 0.6 is 0 Å². The van der Waals surface area contributed by atoms with Gasteiger partial charge in [0.15, 0.2) is 0 Å². The van der Waals surface area contributed by atoms with E-state index < -0.39 is 10.0 Å². The summed E-state index contributed by atoms with van der Waals surface area (Å²) in [7, 11) is -0.628. The summed E-state index contributed by atoms with van der Waals surface area (Å²) in [6.45, 7) is 0.102. The summed E-state index contributed by atoms with van der Waals surface area (Å²) in [5.41, 5.74) is 1.60. The van der Waals surface area contributed by atoms with Gasteiger partial charge in [0.2, 0.25) is 10.0 Å². The molecule has 0 atom stereocenters. The number of aromatic nitrogens is 1. The number of benzene rings is 2. The lowest BCUT2D eigenvalue weighted by molar-refractivity contribution is 0.0952. The quantitative estimate of drug-likeness (QED) is 0.749. The van der Waals surface area contributed by atoms with Gasteiger partial charge in [0.05, 0.1) is 16.0 Å². The van der Waals surface area contributed by atoms with Gasteiger partial charge in [0, 0.05) is 32.2 Å². The number of fused-ring (bicyclic) bond motifs is 1. The van der Waals surface area contributed by atoms with Crippen molar-refractivity contribution in [1.29, 1.82) is 0 Å². The summed E-state index contributed by atoms with van der Waals surface area (Å²) < 4.78 is 26.0. The first-order valence-corrected chi connectivity index (χ1v) is 9.47. The van der Waals surface area contributed by atoms with Gasteiger partial charge >= 0.3 is 0 Å². The molecule has 6 nitrogen and oxygen atoms in total. The Morgan fingerprint density at radius 3 is 2.54 bits per heavy atom. The molecule has 0 aliphatic heterocycles. The van der Waals surface area contributed by atoms with Crippen molar-refractivity contribution in [3.05, 3.63) is 71.9 Å². The van der Waals surface area contributed by atoms with Crippen LogP contribution < -0.4 is 5.32 Å². The maximum Gasteiger partial charge on any atom is 0.253 e. The molecule has 0 unspecified atom stereocenters. The van der Waals surface area contributed by atoms with Crippen LogP contribution in [0.1, 0.15) is 15.9 Å². The number of para-hydroxylation sites is 1. The third-order valence-corrected chi connectivity index (χ3v) is 5.96. The minimum atomic E-state index is -3.59. The van der Waals surface area contributed by atoms with Crippen molar-refractivity contribution in [2.45, 2.75) is 11.4 Å². The lowest BCUT2D eigenvalue weighted by Crippen LogP contribution is -2.27. The van der Waals surface area contributed by atoms with E-state index in [1.54, 1.807) is 36.5 Å². The number of carbonyl (C=O) groups is 1. The van der Waals surface area contributed by atoms with E-state index in [-0.39, 0.29) is 17.3 Å². The average molecular weight is 369 g/mol. The Bertz CT molecular complexity index is 1060. The van der Waals surface area contributed by atoms with Gasteiger partial charge in [0.1, 0.15) is 0 Å². The van der Waals surface area contributed by atoms with Crippen LogP contribution in [0.3, 0.4) is 0 Å². The van der Waals surface area contributed by atoms with Crippen molar-refractivity contribution >= 4 is 26.8 Å². The number of carbonyl (C=O) groups excluding carboxylic acids is 1. The molecule has 0 saturated carbocycles. The van der Waals surface area contributed by atoms with Crippen LogP contribution in [0, 0.1) is 0 Å². The molecule has 1 N–H and O–H groups in total. The van der Waals surface area contributed by atoms with E-state index in [9.17, 15) is 13.2 Å². The highest BCUT2D eigenvalue weighted by Gasteiger charge is 2.21. The van der Waals surface area contributed by atoms with Gasteiger partial charge in [0.25, 0.3) is 5.91 Å². The molecule has 0 aliphatic carbocycles. The number of pyridine rings is 1. The molecule has 3 aromatic rings. The molecule has 0 fully saturated rings. The highest BCUT2D eigenvalue weighted by atomic mass is 32.2. The highest BCUT2D eigenvalue weighted by molar-refractivity contribution is 7.89. The fourth-order valence-electron chi connectivity index (χ4n) is 2.66. The summed E-state index contributed by atoms with van der Waals surface area (Å²) in [4.78, 5) is 17.1. The number of rotatable bonds is 5. The molecule has 0 spiro atoms. The van der Waals surface area contributed by atoms with Crippen molar-refractivity contribution in [3.8, 4) is 0 Å². The van der Waals surface area contributed by atoms with Gasteiger partial charge in [-0.25, -0.2) is 12.7 Å². The van der Waals surface area contributed by atoms with Crippen molar-refractivity contribution in [2.75, 3.05) is 14.1 Å². The zero-order valence-electron chi connectivity index (χ0n) is 14.5. The fourth-order valence-corrected chi connectivity index (χ4v) is 3.77. The number of sulfonamides is 1. The molecule has 0 aliphatic rings. The van der Waals surface area contributed by atoms with Crippen LogP contribution in [0.15, 0.2) is 65.7 Å². The minimum absolute atomic E-state index is 0.102. The number of amides is 1. The number of hydrogen-bond acceptors (Lipinski definition) is 4. The number of nitrogens with zero attached hydrogens (tertiary/aromatic N) is 2.